The van der Waals surface area contributed by atoms with Gasteiger partial charge in [-0.15, -0.1) is 0 Å². The van der Waals surface area contributed by atoms with E-state index in [9.17, 15) is 45.7 Å². The molecule has 4 aromatic carbocycles. The Hall–Kier alpha value is -4.76. The van der Waals surface area contributed by atoms with E-state index in [0.717, 1.165) is 24.3 Å². The Kier molecular flexibility index (Phi) is 6.82. The lowest BCUT2D eigenvalue weighted by Crippen LogP contribution is -2.24. The molecule has 0 saturated carbocycles. The molecule has 1 aliphatic rings. The first-order valence-electron chi connectivity index (χ1n) is 12.1. The van der Waals surface area contributed by atoms with E-state index < -0.39 is 54.4 Å². The van der Waals surface area contributed by atoms with Gasteiger partial charge in [0.1, 0.15) is 11.5 Å². The Labute approximate surface area is 239 Å². The van der Waals surface area contributed by atoms with E-state index in [1.165, 1.54) is 50.2 Å². The number of ketones is 2. The highest BCUT2D eigenvalue weighted by Crippen LogP contribution is 2.43. The van der Waals surface area contributed by atoms with Gasteiger partial charge in [-0.2, -0.15) is 16.8 Å². The molecule has 6 N–H and O–H groups in total. The van der Waals surface area contributed by atoms with E-state index >= 15 is 0 Å². The SMILES string of the molecule is Cc1ccc(Nc2ccc(Nc3ccc(C)c(S(=O)(=O)O)c3)c3c2C(=O)c2c(O)ccc(O)c2C3=O)cc1S(=O)(=O)O. The number of phenols is 2. The zero-order valence-corrected chi connectivity index (χ0v) is 23.5. The molecule has 1 aliphatic carbocycles. The van der Waals surface area contributed by atoms with Crippen molar-refractivity contribution < 1.29 is 45.7 Å². The zero-order valence-electron chi connectivity index (χ0n) is 21.8. The molecule has 4 aromatic rings. The average Bonchev–Trinajstić information content (AvgIpc) is 2.90. The molecule has 5 rings (SSSR count). The lowest BCUT2D eigenvalue weighted by Gasteiger charge is -2.25. The smallest absolute Gasteiger partial charge is 0.294 e. The summed E-state index contributed by atoms with van der Waals surface area (Å²) in [5.74, 6) is -2.81. The summed E-state index contributed by atoms with van der Waals surface area (Å²) >= 11 is 0. The second-order valence-electron chi connectivity index (χ2n) is 9.58. The molecule has 0 aromatic heterocycles. The Morgan fingerprint density at radius 3 is 1.24 bits per heavy atom. The summed E-state index contributed by atoms with van der Waals surface area (Å²) in [4.78, 5) is 26.9. The van der Waals surface area contributed by atoms with Crippen LogP contribution in [0.2, 0.25) is 0 Å². The number of carbonyl (C=O) groups excluding carboxylic acids is 2. The van der Waals surface area contributed by atoms with Gasteiger partial charge in [-0.25, -0.2) is 0 Å². The number of rotatable bonds is 6. The second-order valence-corrected chi connectivity index (χ2v) is 12.4. The topological polar surface area (TPSA) is 207 Å². The van der Waals surface area contributed by atoms with Crippen molar-refractivity contribution in [1.82, 2.24) is 0 Å². The summed E-state index contributed by atoms with van der Waals surface area (Å²) in [5.41, 5.74) is -0.537. The zero-order chi connectivity index (χ0) is 30.7. The standard InChI is InChI=1S/C28H22N2O10S2/c1-13-3-5-15(11-21(13)41(35,36)37)29-17-7-8-18(30-16-6-4-14(2)22(12-16)42(38,39)40)24-23(17)27(33)25-19(31)9-10-20(32)26(25)28(24)34/h3-12,29-32H,1-2H3,(H,35,36,37)(H,38,39,40). The molecule has 0 fully saturated rings. The van der Waals surface area contributed by atoms with Gasteiger partial charge in [0.15, 0.2) is 0 Å². The van der Waals surface area contributed by atoms with E-state index in [2.05, 4.69) is 10.6 Å². The number of aryl methyl sites for hydroxylation is 2. The number of hydrogen-bond donors (Lipinski definition) is 6. The monoisotopic (exact) mass is 610 g/mol. The van der Waals surface area contributed by atoms with E-state index in [4.69, 9.17) is 0 Å². The maximum absolute atomic E-state index is 13.8. The first-order valence-corrected chi connectivity index (χ1v) is 15.0. The fourth-order valence-electron chi connectivity index (χ4n) is 4.80. The third-order valence-electron chi connectivity index (χ3n) is 6.77. The van der Waals surface area contributed by atoms with Crippen LogP contribution in [-0.4, -0.2) is 47.7 Å². The maximum atomic E-state index is 13.8. The van der Waals surface area contributed by atoms with Gasteiger partial charge in [0.2, 0.25) is 11.6 Å². The lowest BCUT2D eigenvalue weighted by molar-refractivity contribution is 0.0975. The first-order chi connectivity index (χ1) is 19.6. The van der Waals surface area contributed by atoms with Crippen LogP contribution in [0.4, 0.5) is 22.7 Å². The van der Waals surface area contributed by atoms with Gasteiger partial charge in [0.25, 0.3) is 20.2 Å². The van der Waals surface area contributed by atoms with Crippen LogP contribution in [0, 0.1) is 13.8 Å². The van der Waals surface area contributed by atoms with Crippen molar-refractivity contribution in [1.29, 1.82) is 0 Å². The highest BCUT2D eigenvalue weighted by atomic mass is 32.2. The van der Waals surface area contributed by atoms with Crippen LogP contribution in [0.15, 0.2) is 70.5 Å². The van der Waals surface area contributed by atoms with Crippen LogP contribution in [0.5, 0.6) is 11.5 Å². The number of fused-ring (bicyclic) bond motifs is 2. The summed E-state index contributed by atoms with van der Waals surface area (Å²) in [6, 6.07) is 13.0. The van der Waals surface area contributed by atoms with Gasteiger partial charge in [-0.3, -0.25) is 18.7 Å². The third kappa shape index (κ3) is 4.96. The molecule has 42 heavy (non-hydrogen) atoms. The first kappa shape index (κ1) is 28.8. The van der Waals surface area contributed by atoms with Crippen LogP contribution in [0.1, 0.15) is 43.0 Å². The number of aromatic hydroxyl groups is 2. The highest BCUT2D eigenvalue weighted by molar-refractivity contribution is 7.86. The van der Waals surface area contributed by atoms with Gasteiger partial charge in [-0.1, -0.05) is 12.1 Å². The molecule has 0 radical (unpaired) electrons. The number of carbonyl (C=O) groups is 2. The summed E-state index contributed by atoms with van der Waals surface area (Å²) < 4.78 is 66.5. The van der Waals surface area contributed by atoms with E-state index in [1.807, 2.05) is 0 Å². The number of nitrogens with one attached hydrogen (secondary N) is 2. The molecular weight excluding hydrogens is 588 g/mol. The van der Waals surface area contributed by atoms with Crippen LogP contribution < -0.4 is 10.6 Å². The molecule has 0 saturated heterocycles. The summed E-state index contributed by atoms with van der Waals surface area (Å²) in [6.07, 6.45) is 0. The minimum Gasteiger partial charge on any atom is -0.507 e. The molecular formula is C28H22N2O10S2. The summed E-state index contributed by atoms with van der Waals surface area (Å²) in [6.45, 7) is 2.95. The third-order valence-corrected chi connectivity index (χ3v) is 8.76. The Morgan fingerprint density at radius 1 is 0.548 bits per heavy atom. The summed E-state index contributed by atoms with van der Waals surface area (Å²) in [7, 11) is -9.17. The minimum atomic E-state index is -4.59. The molecule has 0 aliphatic heterocycles. The summed E-state index contributed by atoms with van der Waals surface area (Å²) in [5, 5.41) is 26.7. The molecule has 0 atom stereocenters. The van der Waals surface area contributed by atoms with E-state index in [1.54, 1.807) is 0 Å². The molecule has 14 heteroatoms. The molecule has 0 unspecified atom stereocenters. The van der Waals surface area contributed by atoms with E-state index in [0.29, 0.717) is 0 Å². The Balaban J connectivity index is 1.71. The van der Waals surface area contributed by atoms with Crippen molar-refractivity contribution in [2.24, 2.45) is 0 Å². The largest absolute Gasteiger partial charge is 0.507 e. The van der Waals surface area contributed by atoms with Crippen molar-refractivity contribution in [3.05, 3.63) is 94.0 Å². The highest BCUT2D eigenvalue weighted by Gasteiger charge is 2.38. The fraction of sp³-hybridized carbons (Fsp3) is 0.0714. The van der Waals surface area contributed by atoms with Crippen LogP contribution in [0.25, 0.3) is 0 Å². The number of hydrogen-bond acceptors (Lipinski definition) is 10. The second kappa shape index (κ2) is 9.95. The van der Waals surface area contributed by atoms with Crippen LogP contribution >= 0.6 is 0 Å². The molecule has 0 amide bonds. The van der Waals surface area contributed by atoms with Crippen LogP contribution in [0.3, 0.4) is 0 Å². The Morgan fingerprint density at radius 2 is 0.905 bits per heavy atom. The van der Waals surface area contributed by atoms with Crippen molar-refractivity contribution in [2.75, 3.05) is 10.6 Å². The fourth-order valence-corrected chi connectivity index (χ4v) is 6.30. The van der Waals surface area contributed by atoms with Gasteiger partial charge in [0.05, 0.1) is 43.4 Å². The van der Waals surface area contributed by atoms with Crippen LogP contribution in [-0.2, 0) is 20.2 Å². The average molecular weight is 611 g/mol. The van der Waals surface area contributed by atoms with Gasteiger partial charge < -0.3 is 20.8 Å². The molecule has 0 bridgehead atoms. The minimum absolute atomic E-state index is 0.0231. The predicted octanol–water partition coefficient (Wildman–Crippen LogP) is 4.47. The molecule has 0 heterocycles. The van der Waals surface area contributed by atoms with Gasteiger partial charge in [-0.05, 0) is 73.5 Å². The van der Waals surface area contributed by atoms with Crippen molar-refractivity contribution in [3.8, 4) is 11.5 Å². The van der Waals surface area contributed by atoms with Gasteiger partial charge >= 0.3 is 0 Å². The van der Waals surface area contributed by atoms with Crippen molar-refractivity contribution in [2.45, 2.75) is 23.6 Å². The van der Waals surface area contributed by atoms with E-state index in [-0.39, 0.29) is 54.8 Å². The molecule has 12 nitrogen and oxygen atoms in total. The number of benzene rings is 4. The number of phenolic OH excluding ortho intramolecular Hbond substituents is 2. The maximum Gasteiger partial charge on any atom is 0.294 e. The molecule has 216 valence electrons. The lowest BCUT2D eigenvalue weighted by atomic mass is 9.81. The molecule has 0 spiro atoms. The van der Waals surface area contributed by atoms with Crippen molar-refractivity contribution >= 4 is 54.6 Å². The Bertz CT molecular complexity index is 1920. The van der Waals surface area contributed by atoms with Crippen molar-refractivity contribution in [3.63, 3.8) is 0 Å². The number of anilines is 4. The quantitative estimate of drug-likeness (QED) is 0.116. The van der Waals surface area contributed by atoms with Gasteiger partial charge in [0, 0.05) is 11.4 Å². The predicted molar refractivity (Wildman–Crippen MR) is 152 cm³/mol. The normalized spacial score (nSPS) is 13.0.